The van der Waals surface area contributed by atoms with Gasteiger partial charge in [0, 0.05) is 6.61 Å². The van der Waals surface area contributed by atoms with Crippen LogP contribution in [0.2, 0.25) is 0 Å². The summed E-state index contributed by atoms with van der Waals surface area (Å²) in [6.07, 6.45) is 5.14. The SMILES string of the molecule is CC1CCC(CO)CC1.O=CO. The molecule has 0 atom stereocenters. The molecule has 72 valence electrons. The lowest BCUT2D eigenvalue weighted by molar-refractivity contribution is -0.122. The fraction of sp³-hybridized carbons (Fsp3) is 0.889. The molecule has 0 aromatic rings. The van der Waals surface area contributed by atoms with E-state index in [9.17, 15) is 0 Å². The van der Waals surface area contributed by atoms with E-state index in [1.54, 1.807) is 0 Å². The molecule has 0 aliphatic heterocycles. The van der Waals surface area contributed by atoms with Crippen LogP contribution in [0.25, 0.3) is 0 Å². The van der Waals surface area contributed by atoms with E-state index in [0.29, 0.717) is 12.5 Å². The zero-order valence-electron chi connectivity index (χ0n) is 7.57. The molecule has 3 heteroatoms. The molecular formula is C9H18O3. The summed E-state index contributed by atoms with van der Waals surface area (Å²) in [5, 5.41) is 15.7. The van der Waals surface area contributed by atoms with Crippen LogP contribution in [0.4, 0.5) is 0 Å². The van der Waals surface area contributed by atoms with Gasteiger partial charge in [-0.1, -0.05) is 19.8 Å². The predicted octanol–water partition coefficient (Wildman–Crippen LogP) is 1.51. The van der Waals surface area contributed by atoms with Crippen LogP contribution in [0, 0.1) is 11.8 Å². The van der Waals surface area contributed by atoms with E-state index in [1.807, 2.05) is 0 Å². The van der Waals surface area contributed by atoms with Crippen LogP contribution < -0.4 is 0 Å². The first-order chi connectivity index (χ1) is 5.74. The maximum Gasteiger partial charge on any atom is 0.290 e. The van der Waals surface area contributed by atoms with Gasteiger partial charge in [0.1, 0.15) is 0 Å². The number of carbonyl (C=O) groups is 1. The van der Waals surface area contributed by atoms with Crippen molar-refractivity contribution >= 4 is 6.47 Å². The van der Waals surface area contributed by atoms with Gasteiger partial charge < -0.3 is 10.2 Å². The van der Waals surface area contributed by atoms with Crippen molar-refractivity contribution in [2.45, 2.75) is 32.6 Å². The first-order valence-electron chi connectivity index (χ1n) is 4.43. The van der Waals surface area contributed by atoms with Crippen molar-refractivity contribution in [1.29, 1.82) is 0 Å². The van der Waals surface area contributed by atoms with E-state index in [4.69, 9.17) is 15.0 Å². The maximum absolute atomic E-state index is 8.78. The summed E-state index contributed by atoms with van der Waals surface area (Å²) >= 11 is 0. The minimum absolute atomic E-state index is 0.250. The summed E-state index contributed by atoms with van der Waals surface area (Å²) < 4.78 is 0. The second-order valence-electron chi connectivity index (χ2n) is 3.41. The smallest absolute Gasteiger partial charge is 0.290 e. The second-order valence-corrected chi connectivity index (χ2v) is 3.41. The van der Waals surface area contributed by atoms with Crippen LogP contribution >= 0.6 is 0 Å². The van der Waals surface area contributed by atoms with Gasteiger partial charge in [-0.25, -0.2) is 0 Å². The zero-order chi connectivity index (χ0) is 9.40. The Morgan fingerprint density at radius 1 is 1.33 bits per heavy atom. The molecule has 2 N–H and O–H groups in total. The van der Waals surface area contributed by atoms with Gasteiger partial charge in [-0.2, -0.15) is 0 Å². The fourth-order valence-electron chi connectivity index (χ4n) is 1.51. The summed E-state index contributed by atoms with van der Waals surface area (Å²) in [4.78, 5) is 8.36. The zero-order valence-corrected chi connectivity index (χ0v) is 7.57. The Hall–Kier alpha value is -0.570. The minimum Gasteiger partial charge on any atom is -0.483 e. The molecule has 0 saturated heterocycles. The molecule has 1 fully saturated rings. The van der Waals surface area contributed by atoms with Crippen molar-refractivity contribution in [3.05, 3.63) is 0 Å². The van der Waals surface area contributed by atoms with E-state index in [2.05, 4.69) is 6.92 Å². The quantitative estimate of drug-likeness (QED) is 0.592. The predicted molar refractivity (Wildman–Crippen MR) is 46.9 cm³/mol. The Labute approximate surface area is 73.4 Å². The topological polar surface area (TPSA) is 57.5 Å². The number of rotatable bonds is 1. The highest BCUT2D eigenvalue weighted by Crippen LogP contribution is 2.27. The van der Waals surface area contributed by atoms with E-state index >= 15 is 0 Å². The van der Waals surface area contributed by atoms with Gasteiger partial charge in [0.25, 0.3) is 6.47 Å². The number of hydrogen-bond donors (Lipinski definition) is 2. The highest BCUT2D eigenvalue weighted by atomic mass is 16.3. The molecule has 0 aromatic carbocycles. The molecule has 0 aromatic heterocycles. The molecule has 0 amide bonds. The normalized spacial score (nSPS) is 28.5. The average Bonchev–Trinajstić information content (AvgIpc) is 2.07. The molecule has 0 bridgehead atoms. The first-order valence-corrected chi connectivity index (χ1v) is 4.43. The molecule has 0 radical (unpaired) electrons. The van der Waals surface area contributed by atoms with Crippen molar-refractivity contribution in [2.75, 3.05) is 6.61 Å². The largest absolute Gasteiger partial charge is 0.483 e. The van der Waals surface area contributed by atoms with Gasteiger partial charge in [-0.3, -0.25) is 4.79 Å². The fourth-order valence-corrected chi connectivity index (χ4v) is 1.51. The van der Waals surface area contributed by atoms with Crippen molar-refractivity contribution < 1.29 is 15.0 Å². The summed E-state index contributed by atoms with van der Waals surface area (Å²) in [7, 11) is 0. The summed E-state index contributed by atoms with van der Waals surface area (Å²) in [5.74, 6) is 1.54. The van der Waals surface area contributed by atoms with Crippen molar-refractivity contribution in [1.82, 2.24) is 0 Å². The van der Waals surface area contributed by atoms with Crippen LogP contribution in [0.5, 0.6) is 0 Å². The van der Waals surface area contributed by atoms with E-state index < -0.39 is 0 Å². The van der Waals surface area contributed by atoms with Crippen LogP contribution in [-0.4, -0.2) is 23.3 Å². The summed E-state index contributed by atoms with van der Waals surface area (Å²) in [5.41, 5.74) is 0. The van der Waals surface area contributed by atoms with E-state index in [1.165, 1.54) is 25.7 Å². The number of hydrogen-bond acceptors (Lipinski definition) is 2. The molecule has 0 unspecified atom stereocenters. The highest BCUT2D eigenvalue weighted by Gasteiger charge is 2.16. The molecule has 12 heavy (non-hydrogen) atoms. The van der Waals surface area contributed by atoms with Crippen LogP contribution in [-0.2, 0) is 4.79 Å². The van der Waals surface area contributed by atoms with Gasteiger partial charge in [0.05, 0.1) is 0 Å². The Kier molecular flexibility index (Phi) is 6.76. The average molecular weight is 174 g/mol. The lowest BCUT2D eigenvalue weighted by atomic mass is 9.84. The monoisotopic (exact) mass is 174 g/mol. The van der Waals surface area contributed by atoms with Crippen molar-refractivity contribution in [3.8, 4) is 0 Å². The van der Waals surface area contributed by atoms with Gasteiger partial charge >= 0.3 is 0 Å². The molecule has 1 aliphatic rings. The van der Waals surface area contributed by atoms with Gasteiger partial charge in [0.15, 0.2) is 0 Å². The number of aliphatic hydroxyl groups excluding tert-OH is 1. The minimum atomic E-state index is -0.250. The molecule has 0 spiro atoms. The second kappa shape index (κ2) is 7.10. The van der Waals surface area contributed by atoms with Gasteiger partial charge in [0.2, 0.25) is 0 Å². The van der Waals surface area contributed by atoms with Crippen LogP contribution in [0.3, 0.4) is 0 Å². The Morgan fingerprint density at radius 3 is 2.08 bits per heavy atom. The molecule has 0 heterocycles. The maximum atomic E-state index is 8.78. The lowest BCUT2D eigenvalue weighted by Gasteiger charge is -2.23. The third kappa shape index (κ3) is 5.13. The van der Waals surface area contributed by atoms with Crippen LogP contribution in [0.15, 0.2) is 0 Å². The summed E-state index contributed by atoms with van der Waals surface area (Å²) in [6, 6.07) is 0. The summed E-state index contributed by atoms with van der Waals surface area (Å²) in [6.45, 7) is 2.46. The third-order valence-corrected chi connectivity index (χ3v) is 2.39. The highest BCUT2D eigenvalue weighted by molar-refractivity contribution is 5.32. The first kappa shape index (κ1) is 11.4. The molecule has 1 rings (SSSR count). The molecule has 3 nitrogen and oxygen atoms in total. The molecule has 1 saturated carbocycles. The third-order valence-electron chi connectivity index (χ3n) is 2.39. The standard InChI is InChI=1S/C8H16O.CH2O2/c1-7-2-4-8(6-9)5-3-7;2-1-3/h7-9H,2-6H2,1H3;1H,(H,2,3). The molecule has 1 aliphatic carbocycles. The van der Waals surface area contributed by atoms with Crippen LogP contribution in [0.1, 0.15) is 32.6 Å². The van der Waals surface area contributed by atoms with Crippen molar-refractivity contribution in [3.63, 3.8) is 0 Å². The number of aliphatic hydroxyl groups is 1. The Balaban J connectivity index is 0.000000354. The molecular weight excluding hydrogens is 156 g/mol. The number of carboxylic acid groups (broad SMARTS) is 1. The van der Waals surface area contributed by atoms with Gasteiger partial charge in [-0.05, 0) is 24.7 Å². The Bertz CT molecular complexity index is 106. The van der Waals surface area contributed by atoms with E-state index in [-0.39, 0.29) is 6.47 Å². The lowest BCUT2D eigenvalue weighted by Crippen LogP contribution is -2.14. The Morgan fingerprint density at radius 2 is 1.75 bits per heavy atom. The van der Waals surface area contributed by atoms with Gasteiger partial charge in [-0.15, -0.1) is 0 Å². The van der Waals surface area contributed by atoms with E-state index in [0.717, 1.165) is 5.92 Å². The van der Waals surface area contributed by atoms with Crippen molar-refractivity contribution in [2.24, 2.45) is 11.8 Å².